The number of methoxy groups -OCH3 is 2. The number of halogens is 1. The second kappa shape index (κ2) is 9.41. The first-order valence-corrected chi connectivity index (χ1v) is 8.30. The zero-order valence-corrected chi connectivity index (χ0v) is 15.9. The van der Waals surface area contributed by atoms with Crippen molar-refractivity contribution in [2.24, 2.45) is 0 Å². The zero-order chi connectivity index (χ0) is 18.2. The molecule has 0 aliphatic heterocycles. The summed E-state index contributed by atoms with van der Waals surface area (Å²) in [5.74, 6) is 0.642. The van der Waals surface area contributed by atoms with E-state index in [-0.39, 0.29) is 19.5 Å². The molecule has 6 nitrogen and oxygen atoms in total. The van der Waals surface area contributed by atoms with E-state index in [4.69, 9.17) is 18.9 Å². The molecule has 0 saturated carbocycles. The molecule has 0 aliphatic rings. The van der Waals surface area contributed by atoms with Gasteiger partial charge in [-0.1, -0.05) is 30.3 Å². The quantitative estimate of drug-likeness (QED) is 0.676. The molecule has 0 atom stereocenters. The number of ether oxygens (including phenoxy) is 4. The normalized spacial score (nSPS) is 10.4. The van der Waals surface area contributed by atoms with E-state index in [1.54, 1.807) is 13.1 Å². The Bertz CT molecular complexity index is 721. The van der Waals surface area contributed by atoms with Gasteiger partial charge in [0.15, 0.2) is 13.6 Å². The van der Waals surface area contributed by atoms with Crippen LogP contribution in [0.2, 0.25) is 0 Å². The van der Waals surface area contributed by atoms with E-state index in [0.717, 1.165) is 5.56 Å². The molecule has 7 heteroatoms. The maximum Gasteiger partial charge on any atom is 0.253 e. The van der Waals surface area contributed by atoms with Crippen molar-refractivity contribution in [1.82, 2.24) is 5.32 Å². The lowest BCUT2D eigenvalue weighted by Gasteiger charge is -2.19. The number of carbonyl (C=O) groups excluding carboxylic acids is 1. The third kappa shape index (κ3) is 4.50. The Morgan fingerprint density at radius 3 is 2.20 bits per heavy atom. The third-order valence-corrected chi connectivity index (χ3v) is 4.16. The number of hydrogen-bond acceptors (Lipinski definition) is 5. The molecule has 1 N–H and O–H groups in total. The zero-order valence-electron chi connectivity index (χ0n) is 14.3. The van der Waals surface area contributed by atoms with E-state index in [0.29, 0.717) is 27.1 Å². The van der Waals surface area contributed by atoms with Gasteiger partial charge in [-0.05, 0) is 21.5 Å². The highest BCUT2D eigenvalue weighted by Crippen LogP contribution is 2.43. The summed E-state index contributed by atoms with van der Waals surface area (Å²) in [5, 5.41) is 2.66. The van der Waals surface area contributed by atoms with Gasteiger partial charge in [0, 0.05) is 32.9 Å². The lowest BCUT2D eigenvalue weighted by atomic mass is 9.97. The standard InChI is InChI=1S/C18H20BrNO5/c1-20-18(21)16-15(12-7-5-4-6-8-12)13(24-10-22-2)9-14(17(16)19)25-11-23-3/h4-9H,10-11H2,1-3H3,(H,20,21). The summed E-state index contributed by atoms with van der Waals surface area (Å²) in [6, 6.07) is 11.2. The second-order valence-electron chi connectivity index (χ2n) is 4.98. The first-order valence-electron chi connectivity index (χ1n) is 7.51. The molecule has 0 fully saturated rings. The van der Waals surface area contributed by atoms with Crippen molar-refractivity contribution in [2.45, 2.75) is 0 Å². The number of amides is 1. The molecular weight excluding hydrogens is 390 g/mol. The fourth-order valence-electron chi connectivity index (χ4n) is 2.30. The molecular formula is C18H20BrNO5. The van der Waals surface area contributed by atoms with Crippen LogP contribution in [0.1, 0.15) is 10.4 Å². The lowest BCUT2D eigenvalue weighted by Crippen LogP contribution is -2.20. The van der Waals surface area contributed by atoms with Gasteiger partial charge in [0.1, 0.15) is 11.5 Å². The Hall–Kier alpha value is -2.09. The molecule has 0 spiro atoms. The largest absolute Gasteiger partial charge is 0.467 e. The Kier molecular flexibility index (Phi) is 7.24. The molecule has 0 aromatic heterocycles. The van der Waals surface area contributed by atoms with Crippen LogP contribution in [0.15, 0.2) is 40.9 Å². The van der Waals surface area contributed by atoms with Crippen LogP contribution in [0, 0.1) is 0 Å². The number of rotatable bonds is 8. The van der Waals surface area contributed by atoms with Gasteiger partial charge in [-0.25, -0.2) is 0 Å². The molecule has 2 aromatic rings. The number of hydrogen-bond donors (Lipinski definition) is 1. The fourth-order valence-corrected chi connectivity index (χ4v) is 2.91. The Morgan fingerprint density at radius 2 is 1.64 bits per heavy atom. The summed E-state index contributed by atoms with van der Waals surface area (Å²) in [5.41, 5.74) is 1.90. The Balaban J connectivity index is 2.71. The minimum atomic E-state index is -0.268. The molecule has 2 aromatic carbocycles. The summed E-state index contributed by atoms with van der Waals surface area (Å²) in [6.07, 6.45) is 0. The van der Waals surface area contributed by atoms with Gasteiger partial charge in [-0.3, -0.25) is 4.79 Å². The van der Waals surface area contributed by atoms with Crippen LogP contribution < -0.4 is 14.8 Å². The van der Waals surface area contributed by atoms with E-state index < -0.39 is 0 Å². The van der Waals surface area contributed by atoms with Gasteiger partial charge in [-0.2, -0.15) is 0 Å². The minimum Gasteiger partial charge on any atom is -0.467 e. The Morgan fingerprint density at radius 1 is 1.04 bits per heavy atom. The molecule has 0 unspecified atom stereocenters. The van der Waals surface area contributed by atoms with Crippen LogP contribution in [-0.4, -0.2) is 40.8 Å². The van der Waals surface area contributed by atoms with Crippen molar-refractivity contribution >= 4 is 21.8 Å². The van der Waals surface area contributed by atoms with E-state index in [1.807, 2.05) is 30.3 Å². The van der Waals surface area contributed by atoms with Gasteiger partial charge in [0.2, 0.25) is 0 Å². The number of benzene rings is 2. The lowest BCUT2D eigenvalue weighted by molar-refractivity contribution is 0.0457. The van der Waals surface area contributed by atoms with E-state index in [2.05, 4.69) is 21.2 Å². The van der Waals surface area contributed by atoms with Crippen molar-refractivity contribution in [3.63, 3.8) is 0 Å². The van der Waals surface area contributed by atoms with Gasteiger partial charge in [-0.15, -0.1) is 0 Å². The van der Waals surface area contributed by atoms with Crippen LogP contribution in [0.3, 0.4) is 0 Å². The van der Waals surface area contributed by atoms with E-state index in [1.165, 1.54) is 14.2 Å². The van der Waals surface area contributed by atoms with Crippen LogP contribution in [-0.2, 0) is 9.47 Å². The molecule has 134 valence electrons. The molecule has 2 rings (SSSR count). The smallest absolute Gasteiger partial charge is 0.253 e. The topological polar surface area (TPSA) is 66.0 Å². The summed E-state index contributed by atoms with van der Waals surface area (Å²) >= 11 is 3.48. The average molecular weight is 410 g/mol. The van der Waals surface area contributed by atoms with E-state index >= 15 is 0 Å². The van der Waals surface area contributed by atoms with Crippen LogP contribution in [0.4, 0.5) is 0 Å². The molecule has 0 saturated heterocycles. The summed E-state index contributed by atoms with van der Waals surface area (Å²) in [7, 11) is 4.62. The van der Waals surface area contributed by atoms with Crippen molar-refractivity contribution < 1.29 is 23.7 Å². The monoisotopic (exact) mass is 409 g/mol. The number of nitrogens with one attached hydrogen (secondary N) is 1. The van der Waals surface area contributed by atoms with Crippen molar-refractivity contribution in [2.75, 3.05) is 34.9 Å². The molecule has 0 radical (unpaired) electrons. The second-order valence-corrected chi connectivity index (χ2v) is 5.78. The highest BCUT2D eigenvalue weighted by atomic mass is 79.9. The molecule has 0 aliphatic carbocycles. The molecule has 1 amide bonds. The van der Waals surface area contributed by atoms with Gasteiger partial charge in [0.05, 0.1) is 10.0 Å². The predicted octanol–water partition coefficient (Wildman–Crippen LogP) is 3.44. The fraction of sp³-hybridized carbons (Fsp3) is 0.278. The first-order chi connectivity index (χ1) is 12.1. The SMILES string of the molecule is CNC(=O)c1c(Br)c(OCOC)cc(OCOC)c1-c1ccccc1. The molecule has 0 bridgehead atoms. The van der Waals surface area contributed by atoms with Gasteiger partial charge >= 0.3 is 0 Å². The number of carbonyl (C=O) groups is 1. The average Bonchev–Trinajstić information content (AvgIpc) is 2.65. The molecule has 0 heterocycles. The maximum atomic E-state index is 12.6. The Labute approximate surface area is 155 Å². The minimum absolute atomic E-state index is 0.0400. The summed E-state index contributed by atoms with van der Waals surface area (Å²) in [4.78, 5) is 12.6. The summed E-state index contributed by atoms with van der Waals surface area (Å²) in [6.45, 7) is 0.0819. The maximum absolute atomic E-state index is 12.6. The third-order valence-electron chi connectivity index (χ3n) is 3.38. The molecule has 25 heavy (non-hydrogen) atoms. The summed E-state index contributed by atoms with van der Waals surface area (Å²) < 4.78 is 21.8. The first kappa shape index (κ1) is 19.2. The van der Waals surface area contributed by atoms with Crippen LogP contribution in [0.5, 0.6) is 11.5 Å². The predicted molar refractivity (Wildman–Crippen MR) is 98.0 cm³/mol. The van der Waals surface area contributed by atoms with Crippen molar-refractivity contribution in [1.29, 1.82) is 0 Å². The van der Waals surface area contributed by atoms with E-state index in [9.17, 15) is 4.79 Å². The highest BCUT2D eigenvalue weighted by Gasteiger charge is 2.24. The van der Waals surface area contributed by atoms with Gasteiger partial charge < -0.3 is 24.3 Å². The van der Waals surface area contributed by atoms with Crippen LogP contribution >= 0.6 is 15.9 Å². The van der Waals surface area contributed by atoms with Crippen LogP contribution in [0.25, 0.3) is 11.1 Å². The van der Waals surface area contributed by atoms with Crippen molar-refractivity contribution in [3.05, 3.63) is 46.4 Å². The van der Waals surface area contributed by atoms with Crippen molar-refractivity contribution in [3.8, 4) is 22.6 Å². The van der Waals surface area contributed by atoms with Gasteiger partial charge in [0.25, 0.3) is 5.91 Å². The highest BCUT2D eigenvalue weighted by molar-refractivity contribution is 9.10.